The van der Waals surface area contributed by atoms with Gasteiger partial charge in [0.15, 0.2) is 0 Å². The number of methoxy groups -OCH3 is 1. The van der Waals surface area contributed by atoms with Gasteiger partial charge in [-0.1, -0.05) is 0 Å². The first kappa shape index (κ1) is 14.4. The number of hydrogen-bond donors (Lipinski definition) is 0. The summed E-state index contributed by atoms with van der Waals surface area (Å²) < 4.78 is 33.1. The lowest BCUT2D eigenvalue weighted by Crippen LogP contribution is -2.34. The van der Waals surface area contributed by atoms with Crippen LogP contribution in [0.25, 0.3) is 0 Å². The number of halogens is 1. The van der Waals surface area contributed by atoms with Crippen LogP contribution >= 0.6 is 15.9 Å². The average molecular weight is 360 g/mol. The van der Waals surface area contributed by atoms with Crippen LogP contribution < -0.4 is 4.74 Å². The van der Waals surface area contributed by atoms with Crippen LogP contribution in [0, 0.1) is 5.92 Å². The van der Waals surface area contributed by atoms with Crippen molar-refractivity contribution in [2.75, 3.05) is 13.7 Å². The van der Waals surface area contributed by atoms with Crippen LogP contribution in [0.3, 0.4) is 0 Å². The molecule has 0 saturated heterocycles. The molecule has 0 radical (unpaired) electrons. The third kappa shape index (κ3) is 2.87. The van der Waals surface area contributed by atoms with E-state index in [0.717, 1.165) is 25.7 Å². The molecule has 1 aromatic rings. The van der Waals surface area contributed by atoms with E-state index in [1.807, 2.05) is 0 Å². The minimum absolute atomic E-state index is 0.210. The van der Waals surface area contributed by atoms with Crippen LogP contribution in [0.15, 0.2) is 27.6 Å². The van der Waals surface area contributed by atoms with E-state index in [2.05, 4.69) is 15.9 Å². The van der Waals surface area contributed by atoms with Crippen LogP contribution in [0.5, 0.6) is 5.75 Å². The zero-order valence-corrected chi connectivity index (χ0v) is 13.8. The predicted molar refractivity (Wildman–Crippen MR) is 80.3 cm³/mol. The molecule has 0 amide bonds. The monoisotopic (exact) mass is 359 g/mol. The number of sulfonamides is 1. The zero-order valence-electron chi connectivity index (χ0n) is 11.4. The molecule has 0 atom stereocenters. The van der Waals surface area contributed by atoms with E-state index in [1.165, 1.54) is 0 Å². The number of ether oxygens (including phenoxy) is 1. The fourth-order valence-electron chi connectivity index (χ4n) is 2.30. The smallest absolute Gasteiger partial charge is 0.243 e. The van der Waals surface area contributed by atoms with Crippen LogP contribution in [0.1, 0.15) is 25.7 Å². The van der Waals surface area contributed by atoms with Gasteiger partial charge in [-0.15, -0.1) is 0 Å². The highest BCUT2D eigenvalue weighted by molar-refractivity contribution is 9.10. The first-order valence-corrected chi connectivity index (χ1v) is 9.11. The Kier molecular flexibility index (Phi) is 3.81. The molecule has 2 aliphatic carbocycles. The van der Waals surface area contributed by atoms with Crippen molar-refractivity contribution in [1.29, 1.82) is 0 Å². The summed E-state index contributed by atoms with van der Waals surface area (Å²) in [6.45, 7) is 0.677. The van der Waals surface area contributed by atoms with Gasteiger partial charge >= 0.3 is 0 Å². The zero-order chi connectivity index (χ0) is 14.3. The molecule has 3 rings (SSSR count). The van der Waals surface area contributed by atoms with Gasteiger partial charge in [-0.3, -0.25) is 0 Å². The third-order valence-corrected chi connectivity index (χ3v) is 6.35. The van der Waals surface area contributed by atoms with Gasteiger partial charge in [-0.2, -0.15) is 4.31 Å². The van der Waals surface area contributed by atoms with E-state index in [1.54, 1.807) is 29.6 Å². The Bertz CT molecular complexity index is 609. The molecule has 2 aliphatic rings. The molecule has 0 N–H and O–H groups in total. The van der Waals surface area contributed by atoms with Gasteiger partial charge in [0.05, 0.1) is 16.5 Å². The minimum Gasteiger partial charge on any atom is -0.496 e. The summed E-state index contributed by atoms with van der Waals surface area (Å²) in [4.78, 5) is 0.345. The highest BCUT2D eigenvalue weighted by atomic mass is 79.9. The Morgan fingerprint density at radius 2 is 2.00 bits per heavy atom. The normalized spacial score (nSPS) is 19.4. The van der Waals surface area contributed by atoms with E-state index < -0.39 is 10.0 Å². The van der Waals surface area contributed by atoms with Crippen molar-refractivity contribution in [2.24, 2.45) is 5.92 Å². The molecule has 4 nitrogen and oxygen atoms in total. The second kappa shape index (κ2) is 5.31. The largest absolute Gasteiger partial charge is 0.496 e. The molecule has 0 bridgehead atoms. The topological polar surface area (TPSA) is 46.6 Å². The van der Waals surface area contributed by atoms with Gasteiger partial charge in [0.25, 0.3) is 0 Å². The summed E-state index contributed by atoms with van der Waals surface area (Å²) in [6.07, 6.45) is 4.29. The number of benzene rings is 1. The molecule has 6 heteroatoms. The number of rotatable bonds is 6. The molecule has 0 heterocycles. The summed E-state index contributed by atoms with van der Waals surface area (Å²) in [6, 6.07) is 5.16. The van der Waals surface area contributed by atoms with Gasteiger partial charge < -0.3 is 4.74 Å². The van der Waals surface area contributed by atoms with Crippen molar-refractivity contribution in [3.8, 4) is 5.75 Å². The van der Waals surface area contributed by atoms with E-state index in [-0.39, 0.29) is 6.04 Å². The maximum Gasteiger partial charge on any atom is 0.243 e. The van der Waals surface area contributed by atoms with Gasteiger partial charge in [-0.25, -0.2) is 8.42 Å². The van der Waals surface area contributed by atoms with E-state index >= 15 is 0 Å². The Hall–Kier alpha value is -0.590. The van der Waals surface area contributed by atoms with Crippen molar-refractivity contribution >= 4 is 26.0 Å². The standard InChI is InChI=1S/C14H18BrNO3S/c1-19-14-7-6-12(8-13(14)15)20(17,18)16(11-4-5-11)9-10-2-3-10/h6-8,10-11H,2-5,9H2,1H3. The van der Waals surface area contributed by atoms with E-state index in [4.69, 9.17) is 4.74 Å². The highest BCUT2D eigenvalue weighted by Gasteiger charge is 2.41. The van der Waals surface area contributed by atoms with E-state index in [9.17, 15) is 8.42 Å². The van der Waals surface area contributed by atoms with Crippen LogP contribution in [0.2, 0.25) is 0 Å². The Morgan fingerprint density at radius 1 is 1.30 bits per heavy atom. The van der Waals surface area contributed by atoms with Crippen LogP contribution in [0.4, 0.5) is 0 Å². The quantitative estimate of drug-likeness (QED) is 0.784. The van der Waals surface area contributed by atoms with Crippen molar-refractivity contribution in [3.63, 3.8) is 0 Å². The molecular formula is C14H18BrNO3S. The molecule has 0 spiro atoms. The summed E-state index contributed by atoms with van der Waals surface area (Å²) >= 11 is 3.36. The fraction of sp³-hybridized carbons (Fsp3) is 0.571. The molecule has 110 valence electrons. The highest BCUT2D eigenvalue weighted by Crippen LogP contribution is 2.39. The lowest BCUT2D eigenvalue weighted by atomic mass is 10.3. The van der Waals surface area contributed by atoms with Crippen LogP contribution in [-0.2, 0) is 10.0 Å². The first-order valence-electron chi connectivity index (χ1n) is 6.88. The average Bonchev–Trinajstić information content (AvgIpc) is 3.27. The fourth-order valence-corrected chi connectivity index (χ4v) is 4.78. The van der Waals surface area contributed by atoms with Gasteiger partial charge in [-0.05, 0) is 65.7 Å². The molecule has 0 unspecified atom stereocenters. The molecule has 2 saturated carbocycles. The number of nitrogens with zero attached hydrogens (tertiary/aromatic N) is 1. The van der Waals surface area contributed by atoms with Crippen molar-refractivity contribution in [1.82, 2.24) is 4.31 Å². The maximum absolute atomic E-state index is 12.8. The summed E-state index contributed by atoms with van der Waals surface area (Å²) in [5.74, 6) is 1.20. The Morgan fingerprint density at radius 3 is 2.50 bits per heavy atom. The molecule has 0 aromatic heterocycles. The van der Waals surface area contributed by atoms with Crippen molar-refractivity contribution < 1.29 is 13.2 Å². The summed E-state index contributed by atoms with van der Waals surface area (Å²) in [5, 5.41) is 0. The SMILES string of the molecule is COc1ccc(S(=O)(=O)N(CC2CC2)C2CC2)cc1Br. The molecule has 1 aromatic carbocycles. The van der Waals surface area contributed by atoms with Gasteiger partial charge in [0.2, 0.25) is 10.0 Å². The maximum atomic E-state index is 12.8. The van der Waals surface area contributed by atoms with Crippen molar-refractivity contribution in [2.45, 2.75) is 36.6 Å². The Balaban J connectivity index is 1.90. The predicted octanol–water partition coefficient (Wildman–Crippen LogP) is 3.02. The molecule has 20 heavy (non-hydrogen) atoms. The lowest BCUT2D eigenvalue weighted by molar-refractivity contribution is 0.388. The number of hydrogen-bond acceptors (Lipinski definition) is 3. The van der Waals surface area contributed by atoms with Crippen molar-refractivity contribution in [3.05, 3.63) is 22.7 Å². The Labute approximate surface area is 128 Å². The molecule has 0 aliphatic heterocycles. The molecule has 2 fully saturated rings. The third-order valence-electron chi connectivity index (χ3n) is 3.82. The summed E-state index contributed by atoms with van der Waals surface area (Å²) in [5.41, 5.74) is 0. The van der Waals surface area contributed by atoms with Gasteiger partial charge in [0.1, 0.15) is 5.75 Å². The second-order valence-electron chi connectivity index (χ2n) is 5.55. The van der Waals surface area contributed by atoms with Crippen LogP contribution in [-0.4, -0.2) is 32.4 Å². The first-order chi connectivity index (χ1) is 9.52. The lowest BCUT2D eigenvalue weighted by Gasteiger charge is -2.22. The van der Waals surface area contributed by atoms with Gasteiger partial charge in [0, 0.05) is 12.6 Å². The van der Waals surface area contributed by atoms with E-state index in [0.29, 0.717) is 27.6 Å². The molecular weight excluding hydrogens is 342 g/mol. The second-order valence-corrected chi connectivity index (χ2v) is 8.29. The minimum atomic E-state index is -3.39. The summed E-state index contributed by atoms with van der Waals surface area (Å²) in [7, 11) is -1.83.